The first-order chi connectivity index (χ1) is 19.9. The van der Waals surface area contributed by atoms with Crippen LogP contribution >= 0.6 is 0 Å². The molecule has 1 aromatic heterocycles. The standard InChI is InChI=1S/C32H38FN3O5/c1-2-3-4-5-6-7-8-9-29(37)40-24-11-13-25-27(21-24)32(39)36(31(25)38)19-18-35-16-14-22(15-17-35)30-26-12-10-23(33)20-28(26)41-34-30/h10-13,20-22H,2-9,14-19H2,1H3. The van der Waals surface area contributed by atoms with Crippen LogP contribution in [0.5, 0.6) is 5.75 Å². The molecule has 0 bridgehead atoms. The van der Waals surface area contributed by atoms with E-state index in [2.05, 4.69) is 17.0 Å². The van der Waals surface area contributed by atoms with Crippen molar-refractivity contribution >= 4 is 28.8 Å². The van der Waals surface area contributed by atoms with Gasteiger partial charge in [0, 0.05) is 36.9 Å². The zero-order valence-corrected chi connectivity index (χ0v) is 23.7. The number of hydrogen-bond acceptors (Lipinski definition) is 7. The minimum absolute atomic E-state index is 0.212. The number of ether oxygens (including phenoxy) is 1. The first-order valence-corrected chi connectivity index (χ1v) is 14.9. The van der Waals surface area contributed by atoms with Crippen molar-refractivity contribution < 1.29 is 28.0 Å². The van der Waals surface area contributed by atoms with Crippen molar-refractivity contribution in [2.75, 3.05) is 26.2 Å². The van der Waals surface area contributed by atoms with Gasteiger partial charge < -0.3 is 14.2 Å². The molecule has 0 aliphatic carbocycles. The van der Waals surface area contributed by atoms with Gasteiger partial charge in [0.15, 0.2) is 5.58 Å². The lowest BCUT2D eigenvalue weighted by Gasteiger charge is -2.32. The van der Waals surface area contributed by atoms with E-state index in [4.69, 9.17) is 9.26 Å². The number of hydrogen-bond donors (Lipinski definition) is 0. The van der Waals surface area contributed by atoms with Crippen LogP contribution in [0.1, 0.15) is 103 Å². The Labute approximate surface area is 239 Å². The number of fused-ring (bicyclic) bond motifs is 2. The molecule has 0 N–H and O–H groups in total. The van der Waals surface area contributed by atoms with E-state index in [9.17, 15) is 18.8 Å². The summed E-state index contributed by atoms with van der Waals surface area (Å²) in [5.41, 5.74) is 1.94. The Balaban J connectivity index is 1.08. The third-order valence-corrected chi connectivity index (χ3v) is 8.23. The van der Waals surface area contributed by atoms with Gasteiger partial charge in [-0.05, 0) is 62.7 Å². The molecule has 8 nitrogen and oxygen atoms in total. The highest BCUT2D eigenvalue weighted by molar-refractivity contribution is 6.21. The summed E-state index contributed by atoms with van der Waals surface area (Å²) in [7, 11) is 0. The smallest absolute Gasteiger partial charge is 0.311 e. The van der Waals surface area contributed by atoms with E-state index in [1.807, 2.05) is 0 Å². The quantitative estimate of drug-likeness (QED) is 0.102. The first kappa shape index (κ1) is 28.9. The fraction of sp³-hybridized carbons (Fsp3) is 0.500. The molecule has 3 heterocycles. The molecular formula is C32H38FN3O5. The Morgan fingerprint density at radius 2 is 1.68 bits per heavy atom. The second kappa shape index (κ2) is 13.4. The molecular weight excluding hydrogens is 525 g/mol. The third kappa shape index (κ3) is 6.84. The van der Waals surface area contributed by atoms with Gasteiger partial charge in [0.2, 0.25) is 0 Å². The summed E-state index contributed by atoms with van der Waals surface area (Å²) in [4.78, 5) is 41.9. The van der Waals surface area contributed by atoms with Crippen molar-refractivity contribution in [3.05, 3.63) is 59.0 Å². The molecule has 2 aliphatic heterocycles. The Bertz CT molecular complexity index is 1400. The minimum atomic E-state index is -0.355. The molecule has 0 unspecified atom stereocenters. The van der Waals surface area contributed by atoms with Crippen molar-refractivity contribution in [2.45, 2.75) is 77.0 Å². The zero-order chi connectivity index (χ0) is 28.8. The number of carbonyl (C=O) groups excluding carboxylic acids is 3. The van der Waals surface area contributed by atoms with Crippen LogP contribution in [0.4, 0.5) is 4.39 Å². The number of benzene rings is 2. The van der Waals surface area contributed by atoms with E-state index in [1.54, 1.807) is 18.2 Å². The second-order valence-corrected chi connectivity index (χ2v) is 11.1. The number of esters is 1. The number of likely N-dealkylation sites (tertiary alicyclic amines) is 1. The molecule has 1 fully saturated rings. The highest BCUT2D eigenvalue weighted by atomic mass is 19.1. The predicted molar refractivity (Wildman–Crippen MR) is 152 cm³/mol. The number of amides is 2. The number of nitrogens with zero attached hydrogens (tertiary/aromatic N) is 3. The molecule has 2 aliphatic rings. The normalized spacial score (nSPS) is 16.1. The summed E-state index contributed by atoms with van der Waals surface area (Å²) in [5, 5.41) is 5.05. The minimum Gasteiger partial charge on any atom is -0.427 e. The van der Waals surface area contributed by atoms with Gasteiger partial charge in [0.05, 0.1) is 16.8 Å². The maximum Gasteiger partial charge on any atom is 0.311 e. The van der Waals surface area contributed by atoms with Gasteiger partial charge in [-0.15, -0.1) is 0 Å². The molecule has 5 rings (SSSR count). The molecule has 2 amide bonds. The van der Waals surface area contributed by atoms with Crippen LogP contribution in [-0.4, -0.2) is 58.9 Å². The Morgan fingerprint density at radius 3 is 2.46 bits per heavy atom. The van der Waals surface area contributed by atoms with Crippen molar-refractivity contribution in [2.24, 2.45) is 0 Å². The summed E-state index contributed by atoms with van der Waals surface area (Å²) in [6, 6.07) is 9.16. The molecule has 0 saturated carbocycles. The first-order valence-electron chi connectivity index (χ1n) is 14.9. The van der Waals surface area contributed by atoms with Crippen molar-refractivity contribution in [1.29, 1.82) is 0 Å². The number of carbonyl (C=O) groups is 3. The Morgan fingerprint density at radius 1 is 0.951 bits per heavy atom. The van der Waals surface area contributed by atoms with Crippen LogP contribution in [0.15, 0.2) is 40.9 Å². The Hall–Kier alpha value is -3.59. The molecule has 41 heavy (non-hydrogen) atoms. The molecule has 9 heteroatoms. The van der Waals surface area contributed by atoms with E-state index in [0.717, 1.165) is 56.3 Å². The molecule has 2 aromatic carbocycles. The highest BCUT2D eigenvalue weighted by Crippen LogP contribution is 2.33. The number of unbranched alkanes of at least 4 members (excludes halogenated alkanes) is 6. The number of rotatable bonds is 13. The van der Waals surface area contributed by atoms with Gasteiger partial charge in [0.25, 0.3) is 11.8 Å². The van der Waals surface area contributed by atoms with E-state index < -0.39 is 0 Å². The van der Waals surface area contributed by atoms with Gasteiger partial charge in [-0.3, -0.25) is 19.3 Å². The molecule has 0 radical (unpaired) electrons. The summed E-state index contributed by atoms with van der Waals surface area (Å²) in [6.45, 7) is 4.64. The summed E-state index contributed by atoms with van der Waals surface area (Å²) < 4.78 is 24.3. The van der Waals surface area contributed by atoms with Gasteiger partial charge in [-0.25, -0.2) is 4.39 Å². The highest BCUT2D eigenvalue weighted by Gasteiger charge is 2.36. The van der Waals surface area contributed by atoms with Gasteiger partial charge in [0.1, 0.15) is 11.6 Å². The van der Waals surface area contributed by atoms with Crippen LogP contribution in [0.25, 0.3) is 11.0 Å². The third-order valence-electron chi connectivity index (χ3n) is 8.23. The van der Waals surface area contributed by atoms with Crippen molar-refractivity contribution in [3.8, 4) is 5.75 Å². The fourth-order valence-electron chi connectivity index (χ4n) is 5.84. The van der Waals surface area contributed by atoms with Crippen LogP contribution in [0.3, 0.4) is 0 Å². The van der Waals surface area contributed by atoms with E-state index in [0.29, 0.717) is 29.9 Å². The Kier molecular flexibility index (Phi) is 9.44. The van der Waals surface area contributed by atoms with E-state index in [1.165, 1.54) is 48.8 Å². The van der Waals surface area contributed by atoms with Crippen molar-refractivity contribution in [1.82, 2.24) is 15.0 Å². The van der Waals surface area contributed by atoms with Gasteiger partial charge in [-0.2, -0.15) is 0 Å². The topological polar surface area (TPSA) is 93.0 Å². The molecule has 3 aromatic rings. The van der Waals surface area contributed by atoms with Crippen LogP contribution in [0.2, 0.25) is 0 Å². The number of aromatic nitrogens is 1. The summed E-state index contributed by atoms with van der Waals surface area (Å²) in [6.07, 6.45) is 9.87. The number of piperidine rings is 1. The number of imide groups is 1. The van der Waals surface area contributed by atoms with Gasteiger partial charge >= 0.3 is 5.97 Å². The lowest BCUT2D eigenvalue weighted by atomic mass is 9.91. The van der Waals surface area contributed by atoms with E-state index >= 15 is 0 Å². The molecule has 0 spiro atoms. The second-order valence-electron chi connectivity index (χ2n) is 11.1. The van der Waals surface area contributed by atoms with Crippen LogP contribution in [-0.2, 0) is 4.79 Å². The van der Waals surface area contributed by atoms with Crippen LogP contribution in [0, 0.1) is 5.82 Å². The monoisotopic (exact) mass is 563 g/mol. The maximum absolute atomic E-state index is 13.5. The molecule has 218 valence electrons. The SMILES string of the molecule is CCCCCCCCCC(=O)Oc1ccc2c(c1)C(=O)N(CCN1CCC(c3noc4cc(F)ccc34)CC1)C2=O. The maximum atomic E-state index is 13.5. The average molecular weight is 564 g/mol. The number of halogens is 1. The predicted octanol–water partition coefficient (Wildman–Crippen LogP) is 6.49. The zero-order valence-electron chi connectivity index (χ0n) is 23.7. The van der Waals surface area contributed by atoms with Crippen molar-refractivity contribution in [3.63, 3.8) is 0 Å². The molecule has 1 saturated heterocycles. The van der Waals surface area contributed by atoms with E-state index in [-0.39, 0.29) is 41.6 Å². The largest absolute Gasteiger partial charge is 0.427 e. The van der Waals surface area contributed by atoms with Gasteiger partial charge in [-0.1, -0.05) is 50.6 Å². The average Bonchev–Trinajstić information content (AvgIpc) is 3.49. The fourth-order valence-corrected chi connectivity index (χ4v) is 5.84. The lowest BCUT2D eigenvalue weighted by Crippen LogP contribution is -2.41. The van der Waals surface area contributed by atoms with Crippen LogP contribution < -0.4 is 4.74 Å². The summed E-state index contributed by atoms with van der Waals surface area (Å²) >= 11 is 0. The lowest BCUT2D eigenvalue weighted by molar-refractivity contribution is -0.134. The summed E-state index contributed by atoms with van der Waals surface area (Å²) in [5.74, 6) is -0.831. The molecule has 0 atom stereocenters.